The number of thiazole rings is 1. The van der Waals surface area contributed by atoms with Gasteiger partial charge in [0.15, 0.2) is 15.1 Å². The van der Waals surface area contributed by atoms with E-state index in [1.54, 1.807) is 23.3 Å². The highest BCUT2D eigenvalue weighted by Crippen LogP contribution is 2.25. The van der Waals surface area contributed by atoms with Crippen molar-refractivity contribution in [1.29, 1.82) is 0 Å². The number of rotatable bonds is 6. The first-order chi connectivity index (χ1) is 8.95. The van der Waals surface area contributed by atoms with Gasteiger partial charge in [-0.2, -0.15) is 11.8 Å². The first-order valence-electron chi connectivity index (χ1n) is 5.67. The van der Waals surface area contributed by atoms with Crippen LogP contribution in [0.2, 0.25) is 5.15 Å². The van der Waals surface area contributed by atoms with E-state index in [4.69, 9.17) is 11.6 Å². The molecule has 0 aromatic carbocycles. The van der Waals surface area contributed by atoms with Gasteiger partial charge in [0.05, 0.1) is 0 Å². The average molecular weight is 340 g/mol. The van der Waals surface area contributed by atoms with Gasteiger partial charge in [0, 0.05) is 23.4 Å². The van der Waals surface area contributed by atoms with Crippen molar-refractivity contribution in [3.05, 3.63) is 16.7 Å². The molecule has 0 aliphatic rings. The van der Waals surface area contributed by atoms with Crippen molar-refractivity contribution in [3.63, 3.8) is 0 Å². The standard InChI is InChI=1S/C10H14ClN3O2S3/c1-3-17-6-7(2)13-19(15,16)9-8(11)12-10-14(9)4-5-18-10/h4-5,7,13H,3,6H2,1-2H3. The Kier molecular flexibility index (Phi) is 4.78. The van der Waals surface area contributed by atoms with Crippen LogP contribution in [0.3, 0.4) is 0 Å². The average Bonchev–Trinajstić information content (AvgIpc) is 2.84. The van der Waals surface area contributed by atoms with Crippen LogP contribution in [0.1, 0.15) is 13.8 Å². The molecular formula is C10H14ClN3O2S3. The quantitative estimate of drug-likeness (QED) is 0.878. The molecule has 1 unspecified atom stereocenters. The number of nitrogens with one attached hydrogen (secondary N) is 1. The van der Waals surface area contributed by atoms with E-state index in [0.717, 1.165) is 11.5 Å². The van der Waals surface area contributed by atoms with Gasteiger partial charge < -0.3 is 0 Å². The molecule has 1 N–H and O–H groups in total. The molecule has 0 spiro atoms. The molecular weight excluding hydrogens is 326 g/mol. The number of fused-ring (bicyclic) bond motifs is 1. The summed E-state index contributed by atoms with van der Waals surface area (Å²) in [5, 5.41) is 1.79. The predicted molar refractivity (Wildman–Crippen MR) is 80.9 cm³/mol. The summed E-state index contributed by atoms with van der Waals surface area (Å²) < 4.78 is 28.8. The molecule has 106 valence electrons. The summed E-state index contributed by atoms with van der Waals surface area (Å²) in [6.45, 7) is 3.87. The molecule has 1 atom stereocenters. The molecule has 0 saturated carbocycles. The van der Waals surface area contributed by atoms with E-state index in [-0.39, 0.29) is 16.2 Å². The van der Waals surface area contributed by atoms with Gasteiger partial charge >= 0.3 is 0 Å². The van der Waals surface area contributed by atoms with Crippen LogP contribution in [0, 0.1) is 0 Å². The Morgan fingerprint density at radius 1 is 1.63 bits per heavy atom. The van der Waals surface area contributed by atoms with Crippen molar-refractivity contribution in [2.45, 2.75) is 24.9 Å². The molecule has 2 heterocycles. The van der Waals surface area contributed by atoms with E-state index in [1.165, 1.54) is 15.7 Å². The number of aromatic nitrogens is 2. The molecule has 0 amide bonds. The van der Waals surface area contributed by atoms with Gasteiger partial charge in [0.2, 0.25) is 0 Å². The third kappa shape index (κ3) is 3.25. The molecule has 0 fully saturated rings. The number of halogens is 1. The third-order valence-electron chi connectivity index (χ3n) is 2.36. The lowest BCUT2D eigenvalue weighted by Crippen LogP contribution is -2.35. The Morgan fingerprint density at radius 2 is 2.37 bits per heavy atom. The molecule has 0 aliphatic carbocycles. The summed E-state index contributed by atoms with van der Waals surface area (Å²) in [4.78, 5) is 4.60. The highest BCUT2D eigenvalue weighted by molar-refractivity contribution is 7.99. The zero-order valence-electron chi connectivity index (χ0n) is 10.5. The minimum Gasteiger partial charge on any atom is -0.279 e. The largest absolute Gasteiger partial charge is 0.279 e. The third-order valence-corrected chi connectivity index (χ3v) is 6.25. The Bertz CT molecular complexity index is 665. The summed E-state index contributed by atoms with van der Waals surface area (Å²) >= 11 is 8.96. The molecule has 9 heteroatoms. The molecule has 5 nitrogen and oxygen atoms in total. The van der Waals surface area contributed by atoms with Crippen LogP contribution in [-0.2, 0) is 10.0 Å². The SMILES string of the molecule is CCSCC(C)NS(=O)(=O)c1c(Cl)nc2sccn12. The number of hydrogen-bond acceptors (Lipinski definition) is 5. The normalized spacial score (nSPS) is 14.1. The number of imidazole rings is 1. The maximum atomic E-state index is 12.3. The van der Waals surface area contributed by atoms with Crippen molar-refractivity contribution in [2.75, 3.05) is 11.5 Å². The zero-order valence-corrected chi connectivity index (χ0v) is 13.7. The Hall–Kier alpha value is -0.280. The van der Waals surface area contributed by atoms with Crippen LogP contribution in [0.25, 0.3) is 4.96 Å². The lowest BCUT2D eigenvalue weighted by atomic mass is 10.4. The molecule has 0 bridgehead atoms. The van der Waals surface area contributed by atoms with E-state index in [2.05, 4.69) is 9.71 Å². The van der Waals surface area contributed by atoms with Gasteiger partial charge in [0.25, 0.3) is 10.0 Å². The highest BCUT2D eigenvalue weighted by atomic mass is 35.5. The first-order valence-corrected chi connectivity index (χ1v) is 9.56. The van der Waals surface area contributed by atoms with Crippen LogP contribution >= 0.6 is 34.7 Å². The minimum absolute atomic E-state index is 0.00898. The molecule has 2 rings (SSSR count). The van der Waals surface area contributed by atoms with Crippen molar-refractivity contribution in [2.24, 2.45) is 0 Å². The summed E-state index contributed by atoms with van der Waals surface area (Å²) in [6, 6.07) is -0.157. The van der Waals surface area contributed by atoms with Crippen molar-refractivity contribution in [1.82, 2.24) is 14.1 Å². The van der Waals surface area contributed by atoms with Crippen LogP contribution in [-0.4, -0.2) is 35.4 Å². The van der Waals surface area contributed by atoms with E-state index in [1.807, 2.05) is 13.8 Å². The first kappa shape index (κ1) is 15.1. The Balaban J connectivity index is 2.28. The summed E-state index contributed by atoms with van der Waals surface area (Å²) in [5.74, 6) is 1.67. The van der Waals surface area contributed by atoms with E-state index >= 15 is 0 Å². The molecule has 0 radical (unpaired) electrons. The predicted octanol–water partition coefficient (Wildman–Crippen LogP) is 2.47. The molecule has 2 aromatic heterocycles. The highest BCUT2D eigenvalue weighted by Gasteiger charge is 2.26. The maximum absolute atomic E-state index is 12.3. The van der Waals surface area contributed by atoms with E-state index in [9.17, 15) is 8.42 Å². The Morgan fingerprint density at radius 3 is 3.05 bits per heavy atom. The summed E-state index contributed by atoms with van der Waals surface area (Å²) in [6.07, 6.45) is 1.65. The lowest BCUT2D eigenvalue weighted by molar-refractivity contribution is 0.566. The fraction of sp³-hybridized carbons (Fsp3) is 0.500. The zero-order chi connectivity index (χ0) is 14.0. The van der Waals surface area contributed by atoms with Gasteiger partial charge in [0.1, 0.15) is 0 Å². The number of thioether (sulfide) groups is 1. The van der Waals surface area contributed by atoms with Gasteiger partial charge in [-0.3, -0.25) is 4.40 Å². The maximum Gasteiger partial charge on any atom is 0.260 e. The van der Waals surface area contributed by atoms with E-state index < -0.39 is 10.0 Å². The number of hydrogen-bond donors (Lipinski definition) is 1. The monoisotopic (exact) mass is 339 g/mol. The van der Waals surface area contributed by atoms with Crippen LogP contribution in [0.4, 0.5) is 0 Å². The second kappa shape index (κ2) is 6.01. The van der Waals surface area contributed by atoms with Crippen LogP contribution in [0.15, 0.2) is 16.6 Å². The van der Waals surface area contributed by atoms with Crippen molar-refractivity contribution >= 4 is 49.7 Å². The second-order valence-electron chi connectivity index (χ2n) is 3.95. The van der Waals surface area contributed by atoms with Gasteiger partial charge in [-0.05, 0) is 12.7 Å². The lowest BCUT2D eigenvalue weighted by Gasteiger charge is -2.13. The van der Waals surface area contributed by atoms with Gasteiger partial charge in [-0.15, -0.1) is 11.3 Å². The topological polar surface area (TPSA) is 63.5 Å². The molecule has 2 aromatic rings. The minimum atomic E-state index is -3.66. The van der Waals surface area contributed by atoms with Gasteiger partial charge in [-0.25, -0.2) is 18.1 Å². The summed E-state index contributed by atoms with van der Waals surface area (Å²) in [7, 11) is -3.66. The van der Waals surface area contributed by atoms with Crippen molar-refractivity contribution < 1.29 is 8.42 Å². The van der Waals surface area contributed by atoms with E-state index in [0.29, 0.717) is 4.96 Å². The summed E-state index contributed by atoms with van der Waals surface area (Å²) in [5.41, 5.74) is 0. The van der Waals surface area contributed by atoms with Crippen LogP contribution in [0.5, 0.6) is 0 Å². The molecule has 19 heavy (non-hydrogen) atoms. The fourth-order valence-corrected chi connectivity index (χ4v) is 5.10. The molecule has 0 aliphatic heterocycles. The fourth-order valence-electron chi connectivity index (χ4n) is 1.63. The number of nitrogens with zero attached hydrogens (tertiary/aromatic N) is 2. The van der Waals surface area contributed by atoms with Crippen molar-refractivity contribution in [3.8, 4) is 0 Å². The molecule has 0 saturated heterocycles. The van der Waals surface area contributed by atoms with Crippen LogP contribution < -0.4 is 4.72 Å². The smallest absolute Gasteiger partial charge is 0.260 e. The Labute approximate surface area is 125 Å². The van der Waals surface area contributed by atoms with Gasteiger partial charge in [-0.1, -0.05) is 18.5 Å². The number of sulfonamides is 1. The second-order valence-corrected chi connectivity index (χ2v) is 8.12.